The van der Waals surface area contributed by atoms with Gasteiger partial charge in [0.2, 0.25) is 13.9 Å². The monoisotopic (exact) mass is 161 g/mol. The molecule has 1 saturated heterocycles. The summed E-state index contributed by atoms with van der Waals surface area (Å²) < 4.78 is 0. The highest BCUT2D eigenvalue weighted by molar-refractivity contribution is 6.21. The fourth-order valence-corrected chi connectivity index (χ4v) is 1.56. The Hall–Kier alpha value is -0.985. The van der Waals surface area contributed by atoms with Gasteiger partial charge in [0.05, 0.1) is 0 Å². The Morgan fingerprint density at radius 1 is 1.58 bits per heavy atom. The predicted octanol–water partition coefficient (Wildman–Crippen LogP) is 1.19. The maximum atomic E-state index is 11.3. The summed E-state index contributed by atoms with van der Waals surface area (Å²) in [6, 6.07) is -0.0324. The van der Waals surface area contributed by atoms with Crippen molar-refractivity contribution < 1.29 is 4.79 Å². The number of hydrogen-bond donors (Lipinski definition) is 0. The molecule has 2 radical (unpaired) electrons. The van der Waals surface area contributed by atoms with Crippen molar-refractivity contribution in [2.45, 2.75) is 26.8 Å². The molecule has 0 aromatic heterocycles. The van der Waals surface area contributed by atoms with Gasteiger partial charge < -0.3 is 4.81 Å². The first-order valence-corrected chi connectivity index (χ1v) is 3.91. The second kappa shape index (κ2) is 2.81. The summed E-state index contributed by atoms with van der Waals surface area (Å²) in [5.74, 6) is -0.168. The van der Waals surface area contributed by atoms with Crippen LogP contribution in [-0.2, 0) is 4.79 Å². The maximum absolute atomic E-state index is 11.3. The van der Waals surface area contributed by atoms with Crippen LogP contribution in [0, 0.1) is 0 Å². The van der Waals surface area contributed by atoms with Gasteiger partial charge in [-0.25, -0.2) is 0 Å². The quantitative estimate of drug-likeness (QED) is 0.386. The molecule has 1 atom stereocenters. The number of amides is 1. The number of nitrogens with zero attached hydrogens (tertiary/aromatic N) is 1. The van der Waals surface area contributed by atoms with Gasteiger partial charge in [-0.1, -0.05) is 12.2 Å². The molecule has 1 heterocycles. The molecule has 1 rings (SSSR count). The lowest BCUT2D eigenvalue weighted by atomic mass is 10.0. The number of carbonyl (C=O) groups is 1. The number of allylic oxidation sites excluding steroid dienone is 1. The Morgan fingerprint density at radius 3 is 2.25 bits per heavy atom. The molecule has 1 aliphatic heterocycles. The summed E-state index contributed by atoms with van der Waals surface area (Å²) in [7, 11) is 5.53. The SMILES string of the molecule is [B]N1C(=O)C(=C)C(=C(C)C)C1C. The molecule has 12 heavy (non-hydrogen) atoms. The largest absolute Gasteiger partial charge is 0.386 e. The van der Waals surface area contributed by atoms with E-state index in [1.54, 1.807) is 0 Å². The molecule has 0 saturated carbocycles. The molecular weight excluding hydrogens is 149 g/mol. The minimum atomic E-state index is -0.168. The second-order valence-electron chi connectivity index (χ2n) is 3.28. The van der Waals surface area contributed by atoms with E-state index in [9.17, 15) is 4.79 Å². The van der Waals surface area contributed by atoms with E-state index in [4.69, 9.17) is 7.98 Å². The Bertz CT molecular complexity index is 276. The summed E-state index contributed by atoms with van der Waals surface area (Å²) >= 11 is 0. The van der Waals surface area contributed by atoms with Gasteiger partial charge in [0, 0.05) is 11.6 Å². The van der Waals surface area contributed by atoms with Crippen LogP contribution in [0.2, 0.25) is 0 Å². The van der Waals surface area contributed by atoms with Gasteiger partial charge >= 0.3 is 0 Å². The molecule has 62 valence electrons. The standard InChI is InChI=1S/C9H12BNO/c1-5(2)8-6(3)9(12)11(10)7(8)4/h7H,3H2,1-2,4H3. The third kappa shape index (κ3) is 1.09. The predicted molar refractivity (Wildman–Crippen MR) is 49.6 cm³/mol. The smallest absolute Gasteiger partial charge is 0.241 e. The zero-order valence-electron chi connectivity index (χ0n) is 7.72. The van der Waals surface area contributed by atoms with Crippen LogP contribution in [-0.4, -0.2) is 24.7 Å². The molecule has 0 aromatic rings. The van der Waals surface area contributed by atoms with E-state index in [-0.39, 0.29) is 11.9 Å². The van der Waals surface area contributed by atoms with E-state index >= 15 is 0 Å². The first kappa shape index (κ1) is 9.11. The van der Waals surface area contributed by atoms with Gasteiger partial charge in [-0.2, -0.15) is 0 Å². The van der Waals surface area contributed by atoms with Crippen LogP contribution in [0.3, 0.4) is 0 Å². The van der Waals surface area contributed by atoms with Crippen molar-refractivity contribution in [3.05, 3.63) is 23.3 Å². The molecule has 3 heteroatoms. The fraction of sp³-hybridized carbons (Fsp3) is 0.444. The van der Waals surface area contributed by atoms with Gasteiger partial charge in [0.25, 0.3) is 0 Å². The zero-order chi connectivity index (χ0) is 9.46. The Balaban J connectivity index is 3.17. The summed E-state index contributed by atoms with van der Waals surface area (Å²) in [5.41, 5.74) is 2.61. The zero-order valence-corrected chi connectivity index (χ0v) is 7.72. The van der Waals surface area contributed by atoms with Crippen LogP contribution in [0.5, 0.6) is 0 Å². The van der Waals surface area contributed by atoms with Crippen molar-refractivity contribution in [2.24, 2.45) is 0 Å². The van der Waals surface area contributed by atoms with E-state index in [1.165, 1.54) is 4.81 Å². The van der Waals surface area contributed by atoms with Crippen LogP contribution in [0.4, 0.5) is 0 Å². The van der Waals surface area contributed by atoms with Crippen LogP contribution in [0.15, 0.2) is 23.3 Å². The molecule has 1 unspecified atom stereocenters. The topological polar surface area (TPSA) is 20.3 Å². The van der Waals surface area contributed by atoms with Gasteiger partial charge in [-0.15, -0.1) is 0 Å². The van der Waals surface area contributed by atoms with Crippen molar-refractivity contribution in [1.82, 2.24) is 4.81 Å². The second-order valence-corrected chi connectivity index (χ2v) is 3.28. The van der Waals surface area contributed by atoms with Crippen molar-refractivity contribution in [2.75, 3.05) is 0 Å². The van der Waals surface area contributed by atoms with Crippen LogP contribution in [0.25, 0.3) is 0 Å². The highest BCUT2D eigenvalue weighted by Gasteiger charge is 2.32. The van der Waals surface area contributed by atoms with E-state index < -0.39 is 0 Å². The van der Waals surface area contributed by atoms with Crippen molar-refractivity contribution in [3.63, 3.8) is 0 Å². The van der Waals surface area contributed by atoms with Crippen LogP contribution in [0.1, 0.15) is 20.8 Å². The number of hydrogen-bond acceptors (Lipinski definition) is 1. The van der Waals surface area contributed by atoms with E-state index in [2.05, 4.69) is 6.58 Å². The lowest BCUT2D eigenvalue weighted by Crippen LogP contribution is -2.28. The summed E-state index contributed by atoms with van der Waals surface area (Å²) in [4.78, 5) is 12.5. The average molecular weight is 161 g/mol. The Kier molecular flexibility index (Phi) is 2.13. The first-order chi connectivity index (χ1) is 5.46. The molecule has 1 amide bonds. The van der Waals surface area contributed by atoms with Crippen molar-refractivity contribution in [3.8, 4) is 0 Å². The number of rotatable bonds is 0. The van der Waals surface area contributed by atoms with Crippen molar-refractivity contribution in [1.29, 1.82) is 0 Å². The summed E-state index contributed by atoms with van der Waals surface area (Å²) in [6.45, 7) is 9.53. The molecule has 0 aromatic carbocycles. The highest BCUT2D eigenvalue weighted by Crippen LogP contribution is 2.29. The van der Waals surface area contributed by atoms with Gasteiger partial charge in [0.1, 0.15) is 0 Å². The molecule has 2 nitrogen and oxygen atoms in total. The number of carbonyl (C=O) groups excluding carboxylic acids is 1. The summed E-state index contributed by atoms with van der Waals surface area (Å²) in [5, 5.41) is 0. The molecule has 0 bridgehead atoms. The molecular formula is C9H12BNO. The van der Waals surface area contributed by atoms with Crippen LogP contribution < -0.4 is 0 Å². The lowest BCUT2D eigenvalue weighted by molar-refractivity contribution is -0.121. The molecule has 1 aliphatic rings. The fourth-order valence-electron chi connectivity index (χ4n) is 1.56. The van der Waals surface area contributed by atoms with Gasteiger partial charge in [-0.05, 0) is 26.3 Å². The summed E-state index contributed by atoms with van der Waals surface area (Å²) in [6.07, 6.45) is 0. The third-order valence-corrected chi connectivity index (χ3v) is 2.19. The molecule has 0 spiro atoms. The first-order valence-electron chi connectivity index (χ1n) is 3.91. The minimum absolute atomic E-state index is 0.0324. The van der Waals surface area contributed by atoms with E-state index in [0.29, 0.717) is 5.57 Å². The van der Waals surface area contributed by atoms with Crippen molar-refractivity contribution >= 4 is 13.9 Å². The molecule has 0 aliphatic carbocycles. The van der Waals surface area contributed by atoms with E-state index in [1.807, 2.05) is 20.8 Å². The minimum Gasteiger partial charge on any atom is -0.386 e. The van der Waals surface area contributed by atoms with E-state index in [0.717, 1.165) is 11.1 Å². The Labute approximate surface area is 74.4 Å². The average Bonchev–Trinajstić information content (AvgIpc) is 2.16. The van der Waals surface area contributed by atoms with Crippen LogP contribution >= 0.6 is 0 Å². The third-order valence-electron chi connectivity index (χ3n) is 2.19. The lowest BCUT2D eigenvalue weighted by Gasteiger charge is -2.16. The maximum Gasteiger partial charge on any atom is 0.241 e. The molecule has 1 fully saturated rings. The van der Waals surface area contributed by atoms with Gasteiger partial charge in [-0.3, -0.25) is 4.79 Å². The Morgan fingerprint density at radius 2 is 2.08 bits per heavy atom. The molecule has 0 N–H and O–H groups in total. The highest BCUT2D eigenvalue weighted by atomic mass is 16.2. The normalized spacial score (nSPS) is 23.8. The van der Waals surface area contributed by atoms with Gasteiger partial charge in [0.15, 0.2) is 0 Å².